The van der Waals surface area contributed by atoms with Crippen molar-refractivity contribution in [3.8, 4) is 16.8 Å². The minimum absolute atomic E-state index is 0.0560. The van der Waals surface area contributed by atoms with Gasteiger partial charge in [0.15, 0.2) is 0 Å². The van der Waals surface area contributed by atoms with E-state index in [4.69, 9.17) is 9.47 Å². The molecule has 14 heteroatoms. The Kier molecular flexibility index (Phi) is 9.13. The smallest absolute Gasteiger partial charge is 0.333 e. The number of nitrogens with zero attached hydrogens (tertiary/aromatic N) is 6. The zero-order chi connectivity index (χ0) is 32.6. The van der Waals surface area contributed by atoms with E-state index >= 15 is 0 Å². The number of benzene rings is 1. The van der Waals surface area contributed by atoms with Gasteiger partial charge in [0.1, 0.15) is 33.0 Å². The van der Waals surface area contributed by atoms with Gasteiger partial charge in [-0.15, -0.1) is 4.80 Å². The number of rotatable bonds is 11. The number of halogens is 1. The van der Waals surface area contributed by atoms with Crippen molar-refractivity contribution in [2.75, 3.05) is 13.7 Å². The zero-order valence-corrected chi connectivity index (χ0v) is 26.8. The number of hydrogen-bond acceptors (Lipinski definition) is 9. The molecule has 0 radical (unpaired) electrons. The molecule has 0 aliphatic heterocycles. The molecule has 0 bridgehead atoms. The highest BCUT2D eigenvalue weighted by molar-refractivity contribution is 7.21. The summed E-state index contributed by atoms with van der Waals surface area (Å²) >= 11 is 1.13. The van der Waals surface area contributed by atoms with Crippen LogP contribution in [0.1, 0.15) is 58.8 Å². The standard InChI is InChI=1S/C30H36FN7O5S/c1-17(2)35-27(40)30(6,7)37-24(39)23-18(3)25(38-33-11-12-34-38)44-26(23)36(28(37)41)14-22(43-16-29(4,5)15-32)20-13-19(31)9-10-21(20)42-8/h9-13,17,22H,14,16H2,1-8H3,(H,35,40)/t22-/m0/s1. The van der Waals surface area contributed by atoms with E-state index in [1.165, 1.54) is 60.9 Å². The van der Waals surface area contributed by atoms with Crippen LogP contribution in [0.4, 0.5) is 4.39 Å². The van der Waals surface area contributed by atoms with Gasteiger partial charge in [-0.1, -0.05) is 11.3 Å². The summed E-state index contributed by atoms with van der Waals surface area (Å²) in [6.45, 7) is 11.4. The average molecular weight is 626 g/mol. The van der Waals surface area contributed by atoms with Gasteiger partial charge in [-0.25, -0.2) is 13.8 Å². The summed E-state index contributed by atoms with van der Waals surface area (Å²) < 4.78 is 28.6. The lowest BCUT2D eigenvalue weighted by Crippen LogP contribution is -2.56. The molecule has 44 heavy (non-hydrogen) atoms. The first kappa shape index (κ1) is 32.6. The molecule has 0 unspecified atom stereocenters. The van der Waals surface area contributed by atoms with E-state index in [2.05, 4.69) is 21.6 Å². The van der Waals surface area contributed by atoms with Gasteiger partial charge in [0.2, 0.25) is 5.91 Å². The van der Waals surface area contributed by atoms with Crippen molar-refractivity contribution in [3.05, 3.63) is 68.4 Å². The van der Waals surface area contributed by atoms with Crippen LogP contribution in [0.25, 0.3) is 15.2 Å². The van der Waals surface area contributed by atoms with Crippen molar-refractivity contribution in [3.63, 3.8) is 0 Å². The number of carbonyl (C=O) groups excluding carboxylic acids is 1. The Hall–Kier alpha value is -4.35. The van der Waals surface area contributed by atoms with E-state index in [1.807, 2.05) is 0 Å². The summed E-state index contributed by atoms with van der Waals surface area (Å²) in [5.74, 6) is -0.763. The second-order valence-electron chi connectivity index (χ2n) is 11.9. The van der Waals surface area contributed by atoms with Crippen molar-refractivity contribution in [2.24, 2.45) is 5.41 Å². The Morgan fingerprint density at radius 3 is 2.43 bits per heavy atom. The summed E-state index contributed by atoms with van der Waals surface area (Å²) in [6, 6.07) is 5.88. The van der Waals surface area contributed by atoms with Gasteiger partial charge in [-0.05, 0) is 66.7 Å². The number of thiophene rings is 1. The van der Waals surface area contributed by atoms with Gasteiger partial charge in [0, 0.05) is 17.2 Å². The fourth-order valence-corrected chi connectivity index (χ4v) is 5.96. The molecule has 234 valence electrons. The van der Waals surface area contributed by atoms with Crippen molar-refractivity contribution >= 4 is 27.5 Å². The molecule has 0 saturated carbocycles. The van der Waals surface area contributed by atoms with Gasteiger partial charge in [0.05, 0.1) is 49.5 Å². The van der Waals surface area contributed by atoms with Crippen LogP contribution in [-0.2, 0) is 21.6 Å². The van der Waals surface area contributed by atoms with E-state index in [-0.39, 0.29) is 24.6 Å². The van der Waals surface area contributed by atoms with Crippen molar-refractivity contribution in [2.45, 2.75) is 72.7 Å². The predicted octanol–water partition coefficient (Wildman–Crippen LogP) is 3.83. The van der Waals surface area contributed by atoms with Crippen LogP contribution in [0.15, 0.2) is 40.2 Å². The number of fused-ring (bicyclic) bond motifs is 1. The quantitative estimate of drug-likeness (QED) is 0.265. The third-order valence-corrected chi connectivity index (χ3v) is 8.44. The molecule has 0 fully saturated rings. The van der Waals surface area contributed by atoms with E-state index in [0.717, 1.165) is 15.9 Å². The minimum Gasteiger partial charge on any atom is -0.496 e. The number of aryl methyl sites for hydroxylation is 1. The van der Waals surface area contributed by atoms with Crippen molar-refractivity contribution in [1.29, 1.82) is 5.26 Å². The van der Waals surface area contributed by atoms with Gasteiger partial charge in [0.25, 0.3) is 5.56 Å². The molecule has 0 spiro atoms. The van der Waals surface area contributed by atoms with Crippen LogP contribution in [0.5, 0.6) is 5.75 Å². The Bertz CT molecular complexity index is 1850. The summed E-state index contributed by atoms with van der Waals surface area (Å²) in [6.07, 6.45) is 1.98. The monoisotopic (exact) mass is 625 g/mol. The highest BCUT2D eigenvalue weighted by Gasteiger charge is 2.36. The first-order chi connectivity index (χ1) is 20.6. The number of carbonyl (C=O) groups is 1. The molecular weight excluding hydrogens is 589 g/mol. The van der Waals surface area contributed by atoms with E-state index in [1.54, 1.807) is 34.6 Å². The van der Waals surface area contributed by atoms with Crippen LogP contribution in [0, 0.1) is 29.5 Å². The third-order valence-electron chi connectivity index (χ3n) is 7.16. The van der Waals surface area contributed by atoms with Crippen LogP contribution in [-0.4, -0.2) is 49.8 Å². The molecule has 12 nitrogen and oxygen atoms in total. The molecule has 0 saturated heterocycles. The number of methoxy groups -OCH3 is 1. The molecule has 1 aromatic carbocycles. The van der Waals surface area contributed by atoms with E-state index in [0.29, 0.717) is 26.7 Å². The number of ether oxygens (including phenoxy) is 2. The number of aromatic nitrogens is 5. The maximum absolute atomic E-state index is 14.6. The zero-order valence-electron chi connectivity index (χ0n) is 26.0. The second-order valence-corrected chi connectivity index (χ2v) is 12.9. The second kappa shape index (κ2) is 12.3. The lowest BCUT2D eigenvalue weighted by molar-refractivity contribution is -0.129. The van der Waals surface area contributed by atoms with Gasteiger partial charge in [-0.3, -0.25) is 14.2 Å². The highest BCUT2D eigenvalue weighted by atomic mass is 32.1. The Balaban J connectivity index is 2.04. The molecule has 1 atom stereocenters. The lowest BCUT2D eigenvalue weighted by Gasteiger charge is -2.29. The Labute approximate surface area is 257 Å². The summed E-state index contributed by atoms with van der Waals surface area (Å²) in [5, 5.41) is 21.5. The fraction of sp³-hybridized carbons (Fsp3) is 0.467. The highest BCUT2D eigenvalue weighted by Crippen LogP contribution is 2.35. The summed E-state index contributed by atoms with van der Waals surface area (Å²) in [4.78, 5) is 43.5. The molecule has 0 aliphatic rings. The number of hydrogen-bond donors (Lipinski definition) is 1. The van der Waals surface area contributed by atoms with Crippen LogP contribution in [0.3, 0.4) is 0 Å². The maximum Gasteiger partial charge on any atom is 0.333 e. The fourth-order valence-electron chi connectivity index (χ4n) is 4.75. The molecule has 4 rings (SSSR count). The third kappa shape index (κ3) is 6.15. The molecule has 3 heterocycles. The first-order valence-electron chi connectivity index (χ1n) is 14.0. The average Bonchev–Trinajstić information content (AvgIpc) is 3.60. The Morgan fingerprint density at radius 1 is 1.18 bits per heavy atom. The van der Waals surface area contributed by atoms with Crippen molar-refractivity contribution in [1.82, 2.24) is 29.4 Å². The van der Waals surface area contributed by atoms with Crippen LogP contribution >= 0.6 is 11.3 Å². The van der Waals surface area contributed by atoms with Gasteiger partial charge >= 0.3 is 5.69 Å². The van der Waals surface area contributed by atoms with Gasteiger partial charge in [-0.2, -0.15) is 15.5 Å². The number of nitrogens with one attached hydrogen (secondary N) is 1. The van der Waals surface area contributed by atoms with Crippen LogP contribution in [0.2, 0.25) is 0 Å². The van der Waals surface area contributed by atoms with Gasteiger partial charge < -0.3 is 14.8 Å². The molecule has 1 N–H and O–H groups in total. The lowest BCUT2D eigenvalue weighted by atomic mass is 9.97. The topological polar surface area (TPSA) is 146 Å². The molecule has 3 aromatic heterocycles. The molecule has 4 aromatic rings. The van der Waals surface area contributed by atoms with E-state index in [9.17, 15) is 24.0 Å². The molecule has 0 aliphatic carbocycles. The first-order valence-corrected chi connectivity index (χ1v) is 14.8. The van der Waals surface area contributed by atoms with E-state index < -0.39 is 40.0 Å². The molecular formula is C30H36FN7O5S. The summed E-state index contributed by atoms with van der Waals surface area (Å²) in [5.41, 5.74) is -3.10. The SMILES string of the molecule is COc1ccc(F)cc1[C@H](Cn1c(=O)n(C(C)(C)C(=O)NC(C)C)c(=O)c2c(C)c(-n3nccn3)sc21)OCC(C)(C)C#N. The minimum atomic E-state index is -1.59. The summed E-state index contributed by atoms with van der Waals surface area (Å²) in [7, 11) is 1.43. The number of nitriles is 1. The van der Waals surface area contributed by atoms with Crippen molar-refractivity contribution < 1.29 is 18.7 Å². The largest absolute Gasteiger partial charge is 0.496 e. The van der Waals surface area contributed by atoms with Crippen LogP contribution < -0.4 is 21.3 Å². The Morgan fingerprint density at radius 2 is 1.84 bits per heavy atom. The maximum atomic E-state index is 14.6. The molecule has 1 amide bonds. The normalized spacial score (nSPS) is 12.8. The predicted molar refractivity (Wildman–Crippen MR) is 164 cm³/mol. The number of amides is 1.